The van der Waals surface area contributed by atoms with Crippen LogP contribution >= 0.6 is 0 Å². The molecule has 0 aliphatic rings. The van der Waals surface area contributed by atoms with Gasteiger partial charge >= 0.3 is 0 Å². The summed E-state index contributed by atoms with van der Waals surface area (Å²) in [5, 5.41) is 9.30. The first kappa shape index (κ1) is 10.9. The molecular weight excluding hydrogens is 176 g/mol. The third kappa shape index (κ3) is 2.67. The zero-order valence-electron chi connectivity index (χ0n) is 8.60. The summed E-state index contributed by atoms with van der Waals surface area (Å²) in [6, 6.07) is 7.75. The molecular formula is C12H16O2. The molecule has 0 radical (unpaired) electrons. The number of carbonyl (C=O) groups excluding carboxylic acids is 1. The van der Waals surface area contributed by atoms with Gasteiger partial charge in [-0.1, -0.05) is 31.2 Å². The van der Waals surface area contributed by atoms with E-state index in [1.165, 1.54) is 0 Å². The third-order valence-corrected chi connectivity index (χ3v) is 2.44. The lowest BCUT2D eigenvalue weighted by Gasteiger charge is -2.10. The Morgan fingerprint density at radius 2 is 1.71 bits per heavy atom. The molecule has 2 heteroatoms. The maximum Gasteiger partial charge on any atom is 0.120 e. The van der Waals surface area contributed by atoms with Gasteiger partial charge in [-0.2, -0.15) is 0 Å². The van der Waals surface area contributed by atoms with Crippen LogP contribution < -0.4 is 0 Å². The molecule has 2 unspecified atom stereocenters. The zero-order valence-corrected chi connectivity index (χ0v) is 8.60. The molecule has 0 aromatic heterocycles. The zero-order chi connectivity index (χ0) is 10.6. The number of rotatable bonds is 4. The predicted molar refractivity (Wildman–Crippen MR) is 56.2 cm³/mol. The molecule has 0 bridgehead atoms. The lowest BCUT2D eigenvalue weighted by atomic mass is 9.97. The Morgan fingerprint density at radius 1 is 1.21 bits per heavy atom. The Labute approximate surface area is 84.6 Å². The fraction of sp³-hybridized carbons (Fsp3) is 0.417. The van der Waals surface area contributed by atoms with Gasteiger partial charge in [-0.3, -0.25) is 0 Å². The van der Waals surface area contributed by atoms with Crippen LogP contribution in [0.2, 0.25) is 0 Å². The van der Waals surface area contributed by atoms with Crippen LogP contribution in [0.4, 0.5) is 0 Å². The highest BCUT2D eigenvalue weighted by Crippen LogP contribution is 2.20. The largest absolute Gasteiger partial charge is 0.389 e. The van der Waals surface area contributed by atoms with Crippen LogP contribution in [0.15, 0.2) is 24.3 Å². The molecule has 1 aromatic rings. The fourth-order valence-electron chi connectivity index (χ4n) is 1.38. The molecule has 0 saturated carbocycles. The monoisotopic (exact) mass is 192 g/mol. The highest BCUT2D eigenvalue weighted by molar-refractivity contribution is 5.51. The van der Waals surface area contributed by atoms with E-state index in [4.69, 9.17) is 0 Å². The second-order valence-corrected chi connectivity index (χ2v) is 3.65. The van der Waals surface area contributed by atoms with Crippen LogP contribution in [-0.2, 0) is 4.79 Å². The van der Waals surface area contributed by atoms with Crippen molar-refractivity contribution in [3.05, 3.63) is 35.4 Å². The summed E-state index contributed by atoms with van der Waals surface area (Å²) in [6.45, 7) is 3.76. The molecule has 0 aliphatic heterocycles. The number of aldehydes is 1. The van der Waals surface area contributed by atoms with Gasteiger partial charge in [-0.05, 0) is 24.0 Å². The molecule has 14 heavy (non-hydrogen) atoms. The maximum atomic E-state index is 10.3. The number of aliphatic hydroxyl groups excluding tert-OH is 1. The van der Waals surface area contributed by atoms with Crippen molar-refractivity contribution in [1.82, 2.24) is 0 Å². The average Bonchev–Trinajstić information content (AvgIpc) is 2.18. The molecule has 0 saturated heterocycles. The van der Waals surface area contributed by atoms with E-state index in [0.29, 0.717) is 6.42 Å². The summed E-state index contributed by atoms with van der Waals surface area (Å²) in [6.07, 6.45) is 1.06. The maximum absolute atomic E-state index is 10.3. The van der Waals surface area contributed by atoms with Crippen LogP contribution in [0.3, 0.4) is 0 Å². The molecule has 0 heterocycles. The van der Waals surface area contributed by atoms with Crippen molar-refractivity contribution in [2.75, 3.05) is 0 Å². The van der Waals surface area contributed by atoms with E-state index >= 15 is 0 Å². The number of benzene rings is 1. The topological polar surface area (TPSA) is 37.3 Å². The van der Waals surface area contributed by atoms with Gasteiger partial charge in [-0.25, -0.2) is 0 Å². The second-order valence-electron chi connectivity index (χ2n) is 3.65. The van der Waals surface area contributed by atoms with Crippen molar-refractivity contribution in [1.29, 1.82) is 0 Å². The standard InChI is InChI=1S/C12H16O2/c1-9(7-8-13)11-3-5-12(6-4-11)10(2)14/h3-6,8-10,14H,7H2,1-2H3. The van der Waals surface area contributed by atoms with Gasteiger partial charge in [0, 0.05) is 6.42 Å². The number of hydrogen-bond donors (Lipinski definition) is 1. The van der Waals surface area contributed by atoms with Gasteiger partial charge in [0.2, 0.25) is 0 Å². The van der Waals surface area contributed by atoms with Crippen molar-refractivity contribution in [2.45, 2.75) is 32.3 Å². The van der Waals surface area contributed by atoms with Gasteiger partial charge < -0.3 is 9.90 Å². The van der Waals surface area contributed by atoms with Crippen LogP contribution in [0.1, 0.15) is 43.4 Å². The summed E-state index contributed by atoms with van der Waals surface area (Å²) in [5.74, 6) is 0.260. The van der Waals surface area contributed by atoms with E-state index in [-0.39, 0.29) is 5.92 Å². The molecule has 1 aromatic carbocycles. The molecule has 0 aliphatic carbocycles. The number of hydrogen-bond acceptors (Lipinski definition) is 2. The summed E-state index contributed by atoms with van der Waals surface area (Å²) < 4.78 is 0. The van der Waals surface area contributed by atoms with Crippen molar-refractivity contribution in [2.24, 2.45) is 0 Å². The third-order valence-electron chi connectivity index (χ3n) is 2.44. The van der Waals surface area contributed by atoms with E-state index in [0.717, 1.165) is 17.4 Å². The van der Waals surface area contributed by atoms with Gasteiger partial charge in [0.25, 0.3) is 0 Å². The van der Waals surface area contributed by atoms with Gasteiger partial charge in [0.15, 0.2) is 0 Å². The smallest absolute Gasteiger partial charge is 0.120 e. The van der Waals surface area contributed by atoms with E-state index in [1.807, 2.05) is 31.2 Å². The van der Waals surface area contributed by atoms with Crippen molar-refractivity contribution >= 4 is 6.29 Å². The van der Waals surface area contributed by atoms with Crippen LogP contribution in [0.5, 0.6) is 0 Å². The van der Waals surface area contributed by atoms with Crippen LogP contribution in [-0.4, -0.2) is 11.4 Å². The SMILES string of the molecule is CC(O)c1ccc(C(C)CC=O)cc1. The summed E-state index contributed by atoms with van der Waals surface area (Å²) >= 11 is 0. The van der Waals surface area contributed by atoms with Gasteiger partial charge in [-0.15, -0.1) is 0 Å². The fourth-order valence-corrected chi connectivity index (χ4v) is 1.38. The van der Waals surface area contributed by atoms with E-state index in [2.05, 4.69) is 0 Å². The predicted octanol–water partition coefficient (Wildman–Crippen LogP) is 2.43. The molecule has 0 amide bonds. The minimum absolute atomic E-state index is 0.260. The van der Waals surface area contributed by atoms with Crippen LogP contribution in [0.25, 0.3) is 0 Å². The lowest BCUT2D eigenvalue weighted by Crippen LogP contribution is -1.96. The van der Waals surface area contributed by atoms with Crippen molar-refractivity contribution in [3.8, 4) is 0 Å². The molecule has 2 nitrogen and oxygen atoms in total. The lowest BCUT2D eigenvalue weighted by molar-refractivity contribution is -0.108. The normalized spacial score (nSPS) is 14.8. The molecule has 1 rings (SSSR count). The first-order chi connectivity index (χ1) is 6.65. The second kappa shape index (κ2) is 4.91. The Morgan fingerprint density at radius 3 is 2.14 bits per heavy atom. The molecule has 0 spiro atoms. The van der Waals surface area contributed by atoms with Gasteiger partial charge in [0.1, 0.15) is 6.29 Å². The molecule has 1 N–H and O–H groups in total. The van der Waals surface area contributed by atoms with E-state index in [9.17, 15) is 9.90 Å². The molecule has 76 valence electrons. The summed E-state index contributed by atoms with van der Waals surface area (Å²) in [4.78, 5) is 10.3. The summed E-state index contributed by atoms with van der Waals surface area (Å²) in [7, 11) is 0. The Kier molecular flexibility index (Phi) is 3.84. The highest BCUT2D eigenvalue weighted by atomic mass is 16.3. The van der Waals surface area contributed by atoms with E-state index in [1.54, 1.807) is 6.92 Å². The number of carbonyl (C=O) groups is 1. The molecule has 0 fully saturated rings. The Balaban J connectivity index is 2.77. The molecule has 2 atom stereocenters. The minimum atomic E-state index is -0.426. The summed E-state index contributed by atoms with van der Waals surface area (Å²) in [5.41, 5.74) is 2.05. The quantitative estimate of drug-likeness (QED) is 0.744. The Bertz CT molecular complexity index is 288. The Hall–Kier alpha value is -1.15. The van der Waals surface area contributed by atoms with Gasteiger partial charge in [0.05, 0.1) is 6.10 Å². The average molecular weight is 192 g/mol. The van der Waals surface area contributed by atoms with Crippen molar-refractivity contribution < 1.29 is 9.90 Å². The first-order valence-corrected chi connectivity index (χ1v) is 4.86. The van der Waals surface area contributed by atoms with Crippen LogP contribution in [0, 0.1) is 0 Å². The first-order valence-electron chi connectivity index (χ1n) is 4.86. The minimum Gasteiger partial charge on any atom is -0.389 e. The number of aliphatic hydroxyl groups is 1. The van der Waals surface area contributed by atoms with E-state index < -0.39 is 6.10 Å². The van der Waals surface area contributed by atoms with Crippen molar-refractivity contribution in [3.63, 3.8) is 0 Å². The highest BCUT2D eigenvalue weighted by Gasteiger charge is 2.05.